The predicted molar refractivity (Wildman–Crippen MR) is 82.8 cm³/mol. The number of methoxy groups -OCH3 is 1. The minimum Gasteiger partial charge on any atom is -0.496 e. The topological polar surface area (TPSA) is 44.1 Å². The highest BCUT2D eigenvalue weighted by molar-refractivity contribution is 5.77. The van der Waals surface area contributed by atoms with Gasteiger partial charge >= 0.3 is 0 Å². The molecular weight excluding hydrogens is 264 g/mol. The molecule has 4 heteroatoms. The second kappa shape index (κ2) is 5.40. The fourth-order valence-corrected chi connectivity index (χ4v) is 2.47. The van der Waals surface area contributed by atoms with Crippen molar-refractivity contribution in [2.75, 3.05) is 7.11 Å². The number of hydrogen-bond donors (Lipinski definition) is 0. The fourth-order valence-electron chi connectivity index (χ4n) is 2.47. The van der Waals surface area contributed by atoms with Crippen molar-refractivity contribution in [3.05, 3.63) is 70.3 Å². The van der Waals surface area contributed by atoms with Crippen LogP contribution in [0.2, 0.25) is 0 Å². The highest BCUT2D eigenvalue weighted by Crippen LogP contribution is 2.18. The summed E-state index contributed by atoms with van der Waals surface area (Å²) in [6, 6.07) is 15.1. The number of aromatic nitrogens is 2. The molecule has 0 saturated heterocycles. The third-order valence-electron chi connectivity index (χ3n) is 3.57. The van der Waals surface area contributed by atoms with Crippen LogP contribution in [0, 0.1) is 6.92 Å². The van der Waals surface area contributed by atoms with Gasteiger partial charge in [-0.1, -0.05) is 30.3 Å². The van der Waals surface area contributed by atoms with Crippen LogP contribution in [0.5, 0.6) is 5.75 Å². The molecule has 0 aliphatic rings. The maximum absolute atomic E-state index is 12.6. The van der Waals surface area contributed by atoms with Crippen LogP contribution < -0.4 is 10.3 Å². The summed E-state index contributed by atoms with van der Waals surface area (Å²) < 4.78 is 7.03. The molecule has 4 nitrogen and oxygen atoms in total. The summed E-state index contributed by atoms with van der Waals surface area (Å²) in [6.07, 6.45) is 0. The zero-order chi connectivity index (χ0) is 14.8. The number of fused-ring (bicyclic) bond motifs is 1. The summed E-state index contributed by atoms with van der Waals surface area (Å²) in [7, 11) is 1.63. The van der Waals surface area contributed by atoms with E-state index < -0.39 is 0 Å². The Kier molecular flexibility index (Phi) is 3.44. The van der Waals surface area contributed by atoms with Gasteiger partial charge in [0.2, 0.25) is 0 Å². The van der Waals surface area contributed by atoms with Crippen molar-refractivity contribution in [1.82, 2.24) is 9.55 Å². The van der Waals surface area contributed by atoms with Gasteiger partial charge in [-0.05, 0) is 25.1 Å². The van der Waals surface area contributed by atoms with E-state index in [0.29, 0.717) is 17.8 Å². The minimum absolute atomic E-state index is 0.0241. The maximum Gasteiger partial charge on any atom is 0.261 e. The molecule has 0 saturated carbocycles. The van der Waals surface area contributed by atoms with Gasteiger partial charge in [0, 0.05) is 5.56 Å². The molecule has 0 aliphatic heterocycles. The molecule has 3 rings (SSSR count). The molecule has 0 N–H and O–H groups in total. The summed E-state index contributed by atoms with van der Waals surface area (Å²) in [6.45, 7) is 2.30. The van der Waals surface area contributed by atoms with E-state index in [-0.39, 0.29) is 5.56 Å². The van der Waals surface area contributed by atoms with E-state index in [1.54, 1.807) is 11.7 Å². The standard InChI is InChI=1S/C17H16N2O2/c1-12-18-15-9-5-4-8-14(15)17(20)19(12)11-13-7-3-6-10-16(13)21-2/h3-10H,11H2,1-2H3. The average Bonchev–Trinajstić information content (AvgIpc) is 2.52. The lowest BCUT2D eigenvalue weighted by atomic mass is 10.2. The Bertz CT molecular complexity index is 853. The van der Waals surface area contributed by atoms with E-state index in [2.05, 4.69) is 4.98 Å². The van der Waals surface area contributed by atoms with Crippen molar-refractivity contribution >= 4 is 10.9 Å². The van der Waals surface area contributed by atoms with Gasteiger partial charge in [0.1, 0.15) is 11.6 Å². The Morgan fingerprint density at radius 3 is 2.62 bits per heavy atom. The zero-order valence-corrected chi connectivity index (χ0v) is 12.0. The smallest absolute Gasteiger partial charge is 0.261 e. The summed E-state index contributed by atoms with van der Waals surface area (Å²) in [5.74, 6) is 1.47. The van der Waals surface area contributed by atoms with Crippen molar-refractivity contribution in [1.29, 1.82) is 0 Å². The summed E-state index contributed by atoms with van der Waals surface area (Å²) in [4.78, 5) is 17.1. The molecule has 0 bridgehead atoms. The maximum atomic E-state index is 12.6. The first kappa shape index (κ1) is 13.4. The summed E-state index contributed by atoms with van der Waals surface area (Å²) in [5.41, 5.74) is 1.67. The predicted octanol–water partition coefficient (Wildman–Crippen LogP) is 2.76. The molecule has 21 heavy (non-hydrogen) atoms. The third-order valence-corrected chi connectivity index (χ3v) is 3.57. The van der Waals surface area contributed by atoms with Crippen molar-refractivity contribution in [3.63, 3.8) is 0 Å². The Hall–Kier alpha value is -2.62. The number of ether oxygens (including phenoxy) is 1. The van der Waals surface area contributed by atoms with Crippen LogP contribution in [0.4, 0.5) is 0 Å². The van der Waals surface area contributed by atoms with Gasteiger partial charge in [-0.25, -0.2) is 4.98 Å². The van der Waals surface area contributed by atoms with Gasteiger partial charge in [0.25, 0.3) is 5.56 Å². The third kappa shape index (κ3) is 2.40. The first-order chi connectivity index (χ1) is 10.2. The molecule has 0 atom stereocenters. The lowest BCUT2D eigenvalue weighted by molar-refractivity contribution is 0.408. The SMILES string of the molecule is COc1ccccc1Cn1c(C)nc2ccccc2c1=O. The number of hydrogen-bond acceptors (Lipinski definition) is 3. The summed E-state index contributed by atoms with van der Waals surface area (Å²) >= 11 is 0. The van der Waals surface area contributed by atoms with Crippen LogP contribution in [0.1, 0.15) is 11.4 Å². The van der Waals surface area contributed by atoms with Crippen LogP contribution in [0.15, 0.2) is 53.3 Å². The van der Waals surface area contributed by atoms with Crippen molar-refractivity contribution < 1.29 is 4.74 Å². The highest BCUT2D eigenvalue weighted by atomic mass is 16.5. The van der Waals surface area contributed by atoms with E-state index in [4.69, 9.17) is 4.74 Å². The normalized spacial score (nSPS) is 10.8. The lowest BCUT2D eigenvalue weighted by Gasteiger charge is -2.13. The number of para-hydroxylation sites is 2. The van der Waals surface area contributed by atoms with Crippen LogP contribution in [0.25, 0.3) is 10.9 Å². The number of benzene rings is 2. The van der Waals surface area contributed by atoms with Crippen molar-refractivity contribution in [2.45, 2.75) is 13.5 Å². The fraction of sp³-hybridized carbons (Fsp3) is 0.176. The molecule has 1 aromatic heterocycles. The van der Waals surface area contributed by atoms with Gasteiger partial charge in [0.05, 0.1) is 24.6 Å². The monoisotopic (exact) mass is 280 g/mol. The minimum atomic E-state index is -0.0241. The van der Waals surface area contributed by atoms with Crippen LogP contribution in [-0.2, 0) is 6.54 Å². The largest absolute Gasteiger partial charge is 0.496 e. The molecule has 106 valence electrons. The van der Waals surface area contributed by atoms with Crippen molar-refractivity contribution in [3.8, 4) is 5.75 Å². The lowest BCUT2D eigenvalue weighted by Crippen LogP contribution is -2.24. The molecular formula is C17H16N2O2. The number of aryl methyl sites for hydroxylation is 1. The van der Waals surface area contributed by atoms with Crippen LogP contribution in [0.3, 0.4) is 0 Å². The van der Waals surface area contributed by atoms with Crippen LogP contribution >= 0.6 is 0 Å². The average molecular weight is 280 g/mol. The van der Waals surface area contributed by atoms with E-state index in [1.165, 1.54) is 0 Å². The Morgan fingerprint density at radius 1 is 1.10 bits per heavy atom. The Balaban J connectivity index is 2.15. The van der Waals surface area contributed by atoms with Crippen LogP contribution in [-0.4, -0.2) is 16.7 Å². The molecule has 1 heterocycles. The zero-order valence-electron chi connectivity index (χ0n) is 12.0. The first-order valence-corrected chi connectivity index (χ1v) is 6.79. The van der Waals surface area contributed by atoms with Crippen molar-refractivity contribution in [2.24, 2.45) is 0 Å². The molecule has 3 aromatic rings. The molecule has 0 unspecified atom stereocenters. The molecule has 0 radical (unpaired) electrons. The Labute approximate surface area is 122 Å². The Morgan fingerprint density at radius 2 is 1.81 bits per heavy atom. The van der Waals surface area contributed by atoms with E-state index in [1.807, 2.05) is 55.5 Å². The molecule has 0 aliphatic carbocycles. The number of nitrogens with zero attached hydrogens (tertiary/aromatic N) is 2. The second-order valence-electron chi connectivity index (χ2n) is 4.88. The van der Waals surface area contributed by atoms with Gasteiger partial charge in [0.15, 0.2) is 0 Å². The molecule has 0 amide bonds. The van der Waals surface area contributed by atoms with E-state index >= 15 is 0 Å². The van der Waals surface area contributed by atoms with Gasteiger partial charge in [-0.3, -0.25) is 9.36 Å². The molecule has 0 spiro atoms. The van der Waals surface area contributed by atoms with E-state index in [9.17, 15) is 4.79 Å². The summed E-state index contributed by atoms with van der Waals surface area (Å²) in [5, 5.41) is 0.637. The van der Waals surface area contributed by atoms with E-state index in [0.717, 1.165) is 16.8 Å². The molecule has 2 aromatic carbocycles. The second-order valence-corrected chi connectivity index (χ2v) is 4.88. The van der Waals surface area contributed by atoms with Gasteiger partial charge in [-0.2, -0.15) is 0 Å². The number of rotatable bonds is 3. The van der Waals surface area contributed by atoms with Gasteiger partial charge < -0.3 is 4.74 Å². The van der Waals surface area contributed by atoms with Gasteiger partial charge in [-0.15, -0.1) is 0 Å². The quantitative estimate of drug-likeness (QED) is 0.741. The highest BCUT2D eigenvalue weighted by Gasteiger charge is 2.10. The first-order valence-electron chi connectivity index (χ1n) is 6.79. The molecule has 0 fully saturated rings.